The van der Waals surface area contributed by atoms with Gasteiger partial charge in [-0.25, -0.2) is 12.8 Å². The number of aromatic nitrogens is 2. The monoisotopic (exact) mass is 520 g/mol. The average Bonchev–Trinajstić information content (AvgIpc) is 3.36. The number of nitrogens with one attached hydrogen (secondary N) is 1. The fourth-order valence-electron chi connectivity index (χ4n) is 3.93. The Morgan fingerprint density at radius 1 is 1.08 bits per heavy atom. The molecule has 1 unspecified atom stereocenters. The lowest BCUT2D eigenvalue weighted by Gasteiger charge is -2.30. The summed E-state index contributed by atoms with van der Waals surface area (Å²) in [6, 6.07) is 7.70. The van der Waals surface area contributed by atoms with Crippen LogP contribution in [0.2, 0.25) is 0 Å². The van der Waals surface area contributed by atoms with Gasteiger partial charge < -0.3 is 18.6 Å². The molecule has 4 rings (SSSR count). The van der Waals surface area contributed by atoms with E-state index in [9.17, 15) is 17.6 Å². The number of benzene rings is 2. The third-order valence-corrected chi connectivity index (χ3v) is 7.65. The van der Waals surface area contributed by atoms with Crippen molar-refractivity contribution < 1.29 is 36.2 Å². The second-order valence-corrected chi connectivity index (χ2v) is 9.91. The first kappa shape index (κ1) is 25.4. The molecule has 1 amide bonds. The maximum Gasteiger partial charge on any atom is 0.322 e. The van der Waals surface area contributed by atoms with Gasteiger partial charge in [-0.15, -0.1) is 5.10 Å². The van der Waals surface area contributed by atoms with E-state index in [1.807, 2.05) is 0 Å². The van der Waals surface area contributed by atoms with Crippen molar-refractivity contribution in [1.82, 2.24) is 14.5 Å². The van der Waals surface area contributed by atoms with Gasteiger partial charge in [0.05, 0.1) is 32.1 Å². The lowest BCUT2D eigenvalue weighted by Crippen LogP contribution is -2.43. The summed E-state index contributed by atoms with van der Waals surface area (Å²) in [7, 11) is 0.569. The summed E-state index contributed by atoms with van der Waals surface area (Å²) >= 11 is 0. The van der Waals surface area contributed by atoms with Crippen LogP contribution in [0.3, 0.4) is 0 Å². The summed E-state index contributed by atoms with van der Waals surface area (Å²) in [6.07, 6.45) is 0.966. The third-order valence-electron chi connectivity index (χ3n) is 5.77. The highest BCUT2D eigenvalue weighted by Gasteiger charge is 2.34. The number of ether oxygens (including phenoxy) is 3. The number of carbonyl (C=O) groups is 1. The van der Waals surface area contributed by atoms with Gasteiger partial charge in [-0.1, -0.05) is 5.10 Å². The fraction of sp³-hybridized carbons (Fsp3) is 0.348. The predicted molar refractivity (Wildman–Crippen MR) is 126 cm³/mol. The largest absolute Gasteiger partial charge is 0.493 e. The van der Waals surface area contributed by atoms with E-state index < -0.39 is 27.7 Å². The van der Waals surface area contributed by atoms with Crippen LogP contribution in [0.4, 0.5) is 10.4 Å². The van der Waals surface area contributed by atoms with Crippen LogP contribution in [-0.4, -0.2) is 63.2 Å². The average molecular weight is 521 g/mol. The van der Waals surface area contributed by atoms with Gasteiger partial charge in [0.25, 0.3) is 0 Å². The van der Waals surface area contributed by atoms with Crippen LogP contribution in [0.5, 0.6) is 17.2 Å². The molecule has 1 N–H and O–H groups in total. The molecule has 0 bridgehead atoms. The standard InChI is InChI=1S/C23H25FN4O7S/c1-32-18-11-15(12-19(33-2)20(18)34-3)22-26-27-23(35-22)25-21(29)14-5-4-10-28(13-14)36(30,31)17-8-6-16(24)7-9-17/h6-9,11-12,14H,4-5,10,13H2,1-3H3,(H,25,27,29). The summed E-state index contributed by atoms with van der Waals surface area (Å²) < 4.78 is 61.9. The second-order valence-electron chi connectivity index (χ2n) is 7.97. The van der Waals surface area contributed by atoms with Crippen LogP contribution in [0.25, 0.3) is 11.5 Å². The molecule has 0 saturated carbocycles. The Bertz CT molecular complexity index is 1320. The molecule has 1 aliphatic rings. The maximum absolute atomic E-state index is 13.2. The van der Waals surface area contributed by atoms with Gasteiger partial charge in [0, 0.05) is 18.7 Å². The minimum Gasteiger partial charge on any atom is -0.493 e. The van der Waals surface area contributed by atoms with Crippen LogP contribution in [0.15, 0.2) is 45.7 Å². The molecule has 1 aromatic heterocycles. The van der Waals surface area contributed by atoms with Crippen LogP contribution in [0.1, 0.15) is 12.8 Å². The lowest BCUT2D eigenvalue weighted by molar-refractivity contribution is -0.121. The van der Waals surface area contributed by atoms with E-state index >= 15 is 0 Å². The highest BCUT2D eigenvalue weighted by molar-refractivity contribution is 7.89. The number of methoxy groups -OCH3 is 3. The first-order valence-electron chi connectivity index (χ1n) is 11.0. The zero-order chi connectivity index (χ0) is 25.9. The molecule has 2 aromatic carbocycles. The van der Waals surface area contributed by atoms with Gasteiger partial charge in [-0.2, -0.15) is 4.31 Å². The zero-order valence-corrected chi connectivity index (χ0v) is 20.7. The van der Waals surface area contributed by atoms with E-state index in [-0.39, 0.29) is 29.9 Å². The molecule has 1 atom stereocenters. The topological polar surface area (TPSA) is 133 Å². The number of nitrogens with zero attached hydrogens (tertiary/aromatic N) is 3. The normalized spacial score (nSPS) is 16.4. The van der Waals surface area contributed by atoms with Gasteiger partial charge in [0.15, 0.2) is 11.5 Å². The van der Waals surface area contributed by atoms with E-state index in [1.54, 1.807) is 12.1 Å². The molecule has 0 aliphatic carbocycles. The Balaban J connectivity index is 1.47. The van der Waals surface area contributed by atoms with E-state index in [1.165, 1.54) is 37.8 Å². The van der Waals surface area contributed by atoms with E-state index in [0.29, 0.717) is 35.7 Å². The smallest absolute Gasteiger partial charge is 0.322 e. The van der Waals surface area contributed by atoms with E-state index in [0.717, 1.165) is 12.1 Å². The Hall–Kier alpha value is -3.71. The molecule has 36 heavy (non-hydrogen) atoms. The van der Waals surface area contributed by atoms with Crippen LogP contribution >= 0.6 is 0 Å². The van der Waals surface area contributed by atoms with Crippen molar-refractivity contribution in [2.75, 3.05) is 39.7 Å². The number of piperidine rings is 1. The van der Waals surface area contributed by atoms with Gasteiger partial charge in [-0.05, 0) is 49.2 Å². The number of hydrogen-bond acceptors (Lipinski definition) is 9. The predicted octanol–water partition coefficient (Wildman–Crippen LogP) is 2.94. The molecule has 1 fully saturated rings. The van der Waals surface area contributed by atoms with Crippen molar-refractivity contribution in [2.45, 2.75) is 17.7 Å². The van der Waals surface area contributed by atoms with Crippen molar-refractivity contribution in [2.24, 2.45) is 5.92 Å². The summed E-state index contributed by atoms with van der Waals surface area (Å²) in [5.74, 6) is -0.335. The molecule has 11 nitrogen and oxygen atoms in total. The molecule has 3 aromatic rings. The minimum atomic E-state index is -3.87. The van der Waals surface area contributed by atoms with Crippen molar-refractivity contribution in [3.63, 3.8) is 0 Å². The first-order chi connectivity index (χ1) is 17.3. The Kier molecular flexibility index (Phi) is 7.40. The minimum absolute atomic E-state index is 0.0284. The van der Waals surface area contributed by atoms with Crippen LogP contribution < -0.4 is 19.5 Å². The number of halogens is 1. The van der Waals surface area contributed by atoms with E-state index in [4.69, 9.17) is 18.6 Å². The number of sulfonamides is 1. The number of amides is 1. The summed E-state index contributed by atoms with van der Waals surface area (Å²) in [4.78, 5) is 12.9. The van der Waals surface area contributed by atoms with Gasteiger partial charge in [-0.3, -0.25) is 10.1 Å². The van der Waals surface area contributed by atoms with Crippen molar-refractivity contribution in [3.05, 3.63) is 42.2 Å². The third kappa shape index (κ3) is 5.11. The molecular weight excluding hydrogens is 495 g/mol. The summed E-state index contributed by atoms with van der Waals surface area (Å²) in [5.41, 5.74) is 0.478. The Morgan fingerprint density at radius 3 is 2.36 bits per heavy atom. The number of hydrogen-bond donors (Lipinski definition) is 1. The Labute approximate surface area is 207 Å². The quantitative estimate of drug-likeness (QED) is 0.476. The van der Waals surface area contributed by atoms with Crippen molar-refractivity contribution in [1.29, 1.82) is 0 Å². The van der Waals surface area contributed by atoms with Crippen molar-refractivity contribution >= 4 is 21.9 Å². The van der Waals surface area contributed by atoms with Crippen LogP contribution in [-0.2, 0) is 14.8 Å². The van der Waals surface area contributed by atoms with E-state index in [2.05, 4.69) is 15.5 Å². The highest BCUT2D eigenvalue weighted by atomic mass is 32.2. The zero-order valence-electron chi connectivity index (χ0n) is 19.9. The molecular formula is C23H25FN4O7S. The first-order valence-corrected chi connectivity index (χ1v) is 12.4. The molecule has 0 spiro atoms. The summed E-state index contributed by atoms with van der Waals surface area (Å²) in [5, 5.41) is 10.4. The molecule has 192 valence electrons. The van der Waals surface area contributed by atoms with Gasteiger partial charge in [0.1, 0.15) is 5.82 Å². The molecule has 13 heteroatoms. The molecule has 1 aliphatic heterocycles. The highest BCUT2D eigenvalue weighted by Crippen LogP contribution is 2.41. The fourth-order valence-corrected chi connectivity index (χ4v) is 5.46. The number of rotatable bonds is 8. The number of anilines is 1. The van der Waals surface area contributed by atoms with Crippen molar-refractivity contribution in [3.8, 4) is 28.7 Å². The summed E-state index contributed by atoms with van der Waals surface area (Å²) in [6.45, 7) is 0.231. The SMILES string of the molecule is COc1cc(-c2nnc(NC(=O)C3CCCN(S(=O)(=O)c4ccc(F)cc4)C3)o2)cc(OC)c1OC. The maximum atomic E-state index is 13.2. The lowest BCUT2D eigenvalue weighted by atomic mass is 9.99. The molecule has 2 heterocycles. The van der Waals surface area contributed by atoms with Gasteiger partial charge in [0.2, 0.25) is 27.6 Å². The molecule has 1 saturated heterocycles. The Morgan fingerprint density at radius 2 is 1.75 bits per heavy atom. The molecule has 0 radical (unpaired) electrons. The number of carbonyl (C=O) groups excluding carboxylic acids is 1. The second kappa shape index (κ2) is 10.5. The van der Waals surface area contributed by atoms with Gasteiger partial charge >= 0.3 is 6.01 Å². The van der Waals surface area contributed by atoms with Crippen LogP contribution in [0, 0.1) is 11.7 Å².